The summed E-state index contributed by atoms with van der Waals surface area (Å²) < 4.78 is 5.34. The van der Waals surface area contributed by atoms with Gasteiger partial charge >= 0.3 is 0 Å². The number of hydrogen-bond acceptors (Lipinski definition) is 3. The average molecular weight is 222 g/mol. The Morgan fingerprint density at radius 2 is 1.94 bits per heavy atom. The van der Waals surface area contributed by atoms with E-state index >= 15 is 0 Å². The maximum Gasteiger partial charge on any atom is 0.243 e. The van der Waals surface area contributed by atoms with E-state index in [-0.39, 0.29) is 5.91 Å². The molecular formula is C12H18N2O2. The second kappa shape index (κ2) is 4.99. The van der Waals surface area contributed by atoms with Gasteiger partial charge in [-0.3, -0.25) is 10.2 Å². The van der Waals surface area contributed by atoms with E-state index in [0.29, 0.717) is 6.61 Å². The zero-order chi connectivity index (χ0) is 12.2. The van der Waals surface area contributed by atoms with E-state index in [1.807, 2.05) is 45.0 Å². The van der Waals surface area contributed by atoms with Gasteiger partial charge in [-0.25, -0.2) is 5.84 Å². The Bertz CT molecular complexity index is 358. The predicted octanol–water partition coefficient (Wildman–Crippen LogP) is 1.35. The fraction of sp³-hybridized carbons (Fsp3) is 0.417. The van der Waals surface area contributed by atoms with Crippen molar-refractivity contribution in [1.82, 2.24) is 5.43 Å². The molecule has 1 aromatic rings. The molecule has 0 saturated carbocycles. The van der Waals surface area contributed by atoms with Gasteiger partial charge in [-0.15, -0.1) is 0 Å². The molecule has 3 N–H and O–H groups in total. The summed E-state index contributed by atoms with van der Waals surface area (Å²) in [6.45, 7) is 6.21. The molecule has 0 aliphatic rings. The molecule has 0 heterocycles. The minimum Gasteiger partial charge on any atom is -0.494 e. The van der Waals surface area contributed by atoms with Crippen LogP contribution < -0.4 is 16.0 Å². The van der Waals surface area contributed by atoms with Crippen LogP contribution in [0.2, 0.25) is 0 Å². The molecule has 0 radical (unpaired) electrons. The Hall–Kier alpha value is -1.55. The van der Waals surface area contributed by atoms with Crippen molar-refractivity contribution in [3.8, 4) is 5.75 Å². The molecule has 0 aliphatic heterocycles. The van der Waals surface area contributed by atoms with Gasteiger partial charge in [-0.05, 0) is 38.5 Å². The maximum atomic E-state index is 11.6. The molecule has 4 nitrogen and oxygen atoms in total. The number of carbonyl (C=O) groups is 1. The number of carbonyl (C=O) groups excluding carboxylic acids is 1. The first-order valence-electron chi connectivity index (χ1n) is 5.26. The highest BCUT2D eigenvalue weighted by atomic mass is 16.5. The number of nitrogens with two attached hydrogens (primary N) is 1. The largest absolute Gasteiger partial charge is 0.494 e. The zero-order valence-electron chi connectivity index (χ0n) is 9.91. The topological polar surface area (TPSA) is 64.3 Å². The summed E-state index contributed by atoms with van der Waals surface area (Å²) in [4.78, 5) is 11.6. The highest BCUT2D eigenvalue weighted by Crippen LogP contribution is 2.25. The van der Waals surface area contributed by atoms with Crippen molar-refractivity contribution in [2.75, 3.05) is 6.61 Å². The van der Waals surface area contributed by atoms with Gasteiger partial charge in [-0.2, -0.15) is 0 Å². The summed E-state index contributed by atoms with van der Waals surface area (Å²) in [6, 6.07) is 7.45. The fourth-order valence-corrected chi connectivity index (χ4v) is 1.45. The van der Waals surface area contributed by atoms with E-state index in [4.69, 9.17) is 10.6 Å². The summed E-state index contributed by atoms with van der Waals surface area (Å²) in [5.41, 5.74) is 2.44. The number of ether oxygens (including phenoxy) is 1. The molecule has 0 spiro atoms. The molecule has 1 amide bonds. The number of rotatable bonds is 4. The molecule has 0 fully saturated rings. The van der Waals surface area contributed by atoms with Crippen LogP contribution in [0.5, 0.6) is 5.75 Å². The SMILES string of the molecule is CCOc1ccc(C(C)(C)C(=O)NN)cc1. The van der Waals surface area contributed by atoms with Crippen molar-refractivity contribution in [2.45, 2.75) is 26.2 Å². The van der Waals surface area contributed by atoms with Crippen molar-refractivity contribution in [1.29, 1.82) is 0 Å². The van der Waals surface area contributed by atoms with Gasteiger partial charge in [0.25, 0.3) is 0 Å². The quantitative estimate of drug-likeness (QED) is 0.459. The first kappa shape index (κ1) is 12.5. The van der Waals surface area contributed by atoms with E-state index in [2.05, 4.69) is 5.43 Å². The number of nitrogens with one attached hydrogen (secondary N) is 1. The number of benzene rings is 1. The third-order valence-electron chi connectivity index (χ3n) is 2.59. The molecule has 4 heteroatoms. The Balaban J connectivity index is 2.92. The van der Waals surface area contributed by atoms with Crippen LogP contribution in [0, 0.1) is 0 Å². The fourth-order valence-electron chi connectivity index (χ4n) is 1.45. The Morgan fingerprint density at radius 3 is 2.38 bits per heavy atom. The zero-order valence-corrected chi connectivity index (χ0v) is 9.91. The van der Waals surface area contributed by atoms with Crippen LogP contribution in [-0.4, -0.2) is 12.5 Å². The number of hydrazine groups is 1. The summed E-state index contributed by atoms with van der Waals surface area (Å²) >= 11 is 0. The second-order valence-corrected chi connectivity index (χ2v) is 4.06. The Morgan fingerprint density at radius 1 is 1.38 bits per heavy atom. The lowest BCUT2D eigenvalue weighted by Gasteiger charge is -2.22. The molecular weight excluding hydrogens is 204 g/mol. The van der Waals surface area contributed by atoms with E-state index < -0.39 is 5.41 Å². The first-order valence-corrected chi connectivity index (χ1v) is 5.26. The van der Waals surface area contributed by atoms with Gasteiger partial charge in [0.1, 0.15) is 5.75 Å². The maximum absolute atomic E-state index is 11.6. The van der Waals surface area contributed by atoms with Gasteiger partial charge in [0.2, 0.25) is 5.91 Å². The molecule has 1 rings (SSSR count). The third kappa shape index (κ3) is 2.52. The second-order valence-electron chi connectivity index (χ2n) is 4.06. The summed E-state index contributed by atoms with van der Waals surface area (Å²) in [5, 5.41) is 0. The Kier molecular flexibility index (Phi) is 3.90. The van der Waals surface area contributed by atoms with E-state index in [1.165, 1.54) is 0 Å². The average Bonchev–Trinajstić information content (AvgIpc) is 2.29. The molecule has 16 heavy (non-hydrogen) atoms. The van der Waals surface area contributed by atoms with Crippen molar-refractivity contribution < 1.29 is 9.53 Å². The first-order chi connectivity index (χ1) is 7.52. The molecule has 88 valence electrons. The minimum atomic E-state index is -0.639. The van der Waals surface area contributed by atoms with Crippen molar-refractivity contribution >= 4 is 5.91 Å². The lowest BCUT2D eigenvalue weighted by atomic mass is 9.84. The Labute approximate surface area is 95.8 Å². The van der Waals surface area contributed by atoms with E-state index in [9.17, 15) is 4.79 Å². The summed E-state index contributed by atoms with van der Waals surface area (Å²) in [6.07, 6.45) is 0. The van der Waals surface area contributed by atoms with Crippen molar-refractivity contribution in [3.05, 3.63) is 29.8 Å². The van der Waals surface area contributed by atoms with Gasteiger partial charge in [-0.1, -0.05) is 12.1 Å². The van der Waals surface area contributed by atoms with Gasteiger partial charge in [0.15, 0.2) is 0 Å². The van der Waals surface area contributed by atoms with Crippen LogP contribution in [0.3, 0.4) is 0 Å². The van der Waals surface area contributed by atoms with Gasteiger partial charge in [0, 0.05) is 0 Å². The van der Waals surface area contributed by atoms with Crippen LogP contribution in [-0.2, 0) is 10.2 Å². The van der Waals surface area contributed by atoms with Gasteiger partial charge in [0.05, 0.1) is 12.0 Å². The van der Waals surface area contributed by atoms with Crippen LogP contribution in [0.4, 0.5) is 0 Å². The standard InChI is InChI=1S/C12H18N2O2/c1-4-16-10-7-5-9(6-8-10)12(2,3)11(15)14-13/h5-8H,4,13H2,1-3H3,(H,14,15). The lowest BCUT2D eigenvalue weighted by Crippen LogP contribution is -2.43. The number of hydrogen-bond donors (Lipinski definition) is 2. The molecule has 0 aromatic heterocycles. The van der Waals surface area contributed by atoms with E-state index in [1.54, 1.807) is 0 Å². The predicted molar refractivity (Wildman–Crippen MR) is 63.0 cm³/mol. The highest BCUT2D eigenvalue weighted by molar-refractivity contribution is 5.86. The molecule has 0 atom stereocenters. The van der Waals surface area contributed by atoms with Crippen molar-refractivity contribution in [2.24, 2.45) is 5.84 Å². The van der Waals surface area contributed by atoms with E-state index in [0.717, 1.165) is 11.3 Å². The monoisotopic (exact) mass is 222 g/mol. The smallest absolute Gasteiger partial charge is 0.243 e. The minimum absolute atomic E-state index is 0.211. The molecule has 0 saturated heterocycles. The van der Waals surface area contributed by atoms with Gasteiger partial charge < -0.3 is 4.74 Å². The summed E-state index contributed by atoms with van der Waals surface area (Å²) in [5.74, 6) is 5.74. The van der Waals surface area contributed by atoms with Crippen molar-refractivity contribution in [3.63, 3.8) is 0 Å². The highest BCUT2D eigenvalue weighted by Gasteiger charge is 2.28. The van der Waals surface area contributed by atoms with Crippen LogP contribution in [0.25, 0.3) is 0 Å². The molecule has 1 aromatic carbocycles. The van der Waals surface area contributed by atoms with Crippen LogP contribution in [0.15, 0.2) is 24.3 Å². The molecule has 0 aliphatic carbocycles. The van der Waals surface area contributed by atoms with Crippen LogP contribution in [0.1, 0.15) is 26.3 Å². The number of amides is 1. The molecule has 0 unspecified atom stereocenters. The van der Waals surface area contributed by atoms with Crippen LogP contribution >= 0.6 is 0 Å². The normalized spacial score (nSPS) is 11.0. The summed E-state index contributed by atoms with van der Waals surface area (Å²) in [7, 11) is 0. The lowest BCUT2D eigenvalue weighted by molar-refractivity contribution is -0.125. The third-order valence-corrected chi connectivity index (χ3v) is 2.59. The molecule has 0 bridgehead atoms.